The maximum atomic E-state index is 5.90. The van der Waals surface area contributed by atoms with Crippen molar-refractivity contribution in [2.75, 3.05) is 7.11 Å². The first-order valence-corrected chi connectivity index (χ1v) is 7.05. The minimum absolute atomic E-state index is 0.164. The van der Waals surface area contributed by atoms with Crippen molar-refractivity contribution in [2.24, 2.45) is 5.73 Å². The van der Waals surface area contributed by atoms with Crippen LogP contribution >= 0.6 is 15.9 Å². The largest absolute Gasteiger partial charge is 0.495 e. The van der Waals surface area contributed by atoms with Gasteiger partial charge in [0.05, 0.1) is 11.6 Å². The zero-order valence-electron chi connectivity index (χ0n) is 10.6. The van der Waals surface area contributed by atoms with Gasteiger partial charge in [-0.25, -0.2) is 0 Å². The molecule has 1 aromatic rings. The molecule has 1 atom stereocenters. The summed E-state index contributed by atoms with van der Waals surface area (Å²) < 4.78 is 6.69. The zero-order chi connectivity index (χ0) is 12.4. The maximum absolute atomic E-state index is 5.90. The molecule has 1 unspecified atom stereocenters. The number of fused-ring (bicyclic) bond motifs is 1. The van der Waals surface area contributed by atoms with E-state index in [4.69, 9.17) is 10.5 Å². The number of aryl methyl sites for hydroxylation is 1. The van der Waals surface area contributed by atoms with Crippen LogP contribution in [0, 0.1) is 0 Å². The van der Waals surface area contributed by atoms with E-state index >= 15 is 0 Å². The Morgan fingerprint density at radius 1 is 1.41 bits per heavy atom. The number of nitrogens with two attached hydrogens (primary N) is 1. The van der Waals surface area contributed by atoms with Gasteiger partial charge in [-0.15, -0.1) is 0 Å². The molecule has 1 aliphatic carbocycles. The lowest BCUT2D eigenvalue weighted by Gasteiger charge is -2.22. The summed E-state index contributed by atoms with van der Waals surface area (Å²) in [4.78, 5) is 0. The Hall–Kier alpha value is -0.540. The minimum atomic E-state index is 0.164. The molecule has 0 radical (unpaired) electrons. The Bertz CT molecular complexity index is 415. The highest BCUT2D eigenvalue weighted by Crippen LogP contribution is 2.38. The van der Waals surface area contributed by atoms with Crippen LogP contribution in [0.3, 0.4) is 0 Å². The summed E-state index contributed by atoms with van der Waals surface area (Å²) in [6.45, 7) is 2.03. The van der Waals surface area contributed by atoms with Crippen LogP contribution < -0.4 is 10.5 Å². The summed E-state index contributed by atoms with van der Waals surface area (Å²) in [6, 6.07) is 2.46. The average Bonchev–Trinajstić information content (AvgIpc) is 2.29. The highest BCUT2D eigenvalue weighted by Gasteiger charge is 2.19. The number of methoxy groups -OCH3 is 1. The molecule has 0 saturated heterocycles. The number of hydrogen-bond acceptors (Lipinski definition) is 2. The van der Waals surface area contributed by atoms with Gasteiger partial charge in [-0.1, -0.05) is 6.07 Å². The Morgan fingerprint density at radius 3 is 2.76 bits per heavy atom. The first-order chi connectivity index (χ1) is 8.13. The van der Waals surface area contributed by atoms with E-state index in [1.165, 1.54) is 36.0 Å². The van der Waals surface area contributed by atoms with Crippen molar-refractivity contribution < 1.29 is 4.74 Å². The molecular formula is C14H20BrNO. The number of halogens is 1. The van der Waals surface area contributed by atoms with Gasteiger partial charge >= 0.3 is 0 Å². The molecule has 94 valence electrons. The van der Waals surface area contributed by atoms with E-state index in [9.17, 15) is 0 Å². The quantitative estimate of drug-likeness (QED) is 0.930. The Balaban J connectivity index is 2.48. The molecule has 0 aromatic heterocycles. The smallest absolute Gasteiger partial charge is 0.136 e. The third-order valence-electron chi connectivity index (χ3n) is 3.36. The fourth-order valence-corrected chi connectivity index (χ4v) is 3.48. The summed E-state index contributed by atoms with van der Waals surface area (Å²) in [6.07, 6.45) is 5.79. The Kier molecular flexibility index (Phi) is 4.10. The van der Waals surface area contributed by atoms with Gasteiger partial charge in [0, 0.05) is 6.04 Å². The van der Waals surface area contributed by atoms with Crippen LogP contribution in [0.4, 0.5) is 0 Å². The minimum Gasteiger partial charge on any atom is -0.495 e. The topological polar surface area (TPSA) is 35.2 Å². The van der Waals surface area contributed by atoms with Crippen molar-refractivity contribution in [1.82, 2.24) is 0 Å². The van der Waals surface area contributed by atoms with E-state index in [1.807, 2.05) is 6.92 Å². The second kappa shape index (κ2) is 5.40. The zero-order valence-corrected chi connectivity index (χ0v) is 12.1. The molecule has 0 aliphatic heterocycles. The molecule has 0 fully saturated rings. The van der Waals surface area contributed by atoms with Gasteiger partial charge in [-0.3, -0.25) is 0 Å². The third kappa shape index (κ3) is 2.66. The molecule has 3 heteroatoms. The SMILES string of the molecule is COc1c(CC(C)N)cc2c(c1Br)CCCC2. The Labute approximate surface area is 112 Å². The number of benzene rings is 1. The van der Waals surface area contributed by atoms with Crippen LogP contribution in [0.1, 0.15) is 36.5 Å². The van der Waals surface area contributed by atoms with Crippen molar-refractivity contribution in [3.8, 4) is 5.75 Å². The van der Waals surface area contributed by atoms with Gasteiger partial charge in [-0.05, 0) is 71.6 Å². The van der Waals surface area contributed by atoms with Crippen LogP contribution in [0.25, 0.3) is 0 Å². The number of ether oxygens (including phenoxy) is 1. The monoisotopic (exact) mass is 297 g/mol. The first kappa shape index (κ1) is 12.9. The van der Waals surface area contributed by atoms with Crippen molar-refractivity contribution >= 4 is 15.9 Å². The first-order valence-electron chi connectivity index (χ1n) is 6.26. The van der Waals surface area contributed by atoms with E-state index < -0.39 is 0 Å². The summed E-state index contributed by atoms with van der Waals surface area (Å²) >= 11 is 3.70. The van der Waals surface area contributed by atoms with E-state index in [0.29, 0.717) is 0 Å². The molecule has 2 N–H and O–H groups in total. The van der Waals surface area contributed by atoms with Gasteiger partial charge < -0.3 is 10.5 Å². The van der Waals surface area contributed by atoms with Crippen LogP contribution in [-0.2, 0) is 19.3 Å². The predicted octanol–water partition coefficient (Wildman–Crippen LogP) is 3.23. The molecule has 0 amide bonds. The number of rotatable bonds is 3. The van der Waals surface area contributed by atoms with Gasteiger partial charge in [-0.2, -0.15) is 0 Å². The van der Waals surface area contributed by atoms with Crippen molar-refractivity contribution in [1.29, 1.82) is 0 Å². The second-order valence-electron chi connectivity index (χ2n) is 4.91. The van der Waals surface area contributed by atoms with E-state index in [0.717, 1.165) is 23.1 Å². The van der Waals surface area contributed by atoms with Crippen LogP contribution in [-0.4, -0.2) is 13.2 Å². The molecule has 1 aliphatic rings. The standard InChI is InChI=1S/C14H20BrNO/c1-9(16)7-11-8-10-5-3-4-6-12(10)13(15)14(11)17-2/h8-9H,3-7,16H2,1-2H3. The average molecular weight is 298 g/mol. The third-order valence-corrected chi connectivity index (χ3v) is 4.20. The van der Waals surface area contributed by atoms with Gasteiger partial charge in [0.15, 0.2) is 0 Å². The molecule has 17 heavy (non-hydrogen) atoms. The molecular weight excluding hydrogens is 278 g/mol. The van der Waals surface area contributed by atoms with Crippen molar-refractivity contribution in [3.05, 3.63) is 27.2 Å². The highest BCUT2D eigenvalue weighted by atomic mass is 79.9. The van der Waals surface area contributed by atoms with Gasteiger partial charge in [0.25, 0.3) is 0 Å². The normalized spacial score (nSPS) is 16.5. The molecule has 2 rings (SSSR count). The highest BCUT2D eigenvalue weighted by molar-refractivity contribution is 9.10. The summed E-state index contributed by atoms with van der Waals surface area (Å²) in [5.74, 6) is 0.975. The lowest BCUT2D eigenvalue weighted by Crippen LogP contribution is -2.19. The summed E-state index contributed by atoms with van der Waals surface area (Å²) in [7, 11) is 1.74. The molecule has 0 saturated carbocycles. The molecule has 0 heterocycles. The van der Waals surface area contributed by atoms with Crippen molar-refractivity contribution in [2.45, 2.75) is 45.1 Å². The Morgan fingerprint density at radius 2 is 2.12 bits per heavy atom. The fraction of sp³-hybridized carbons (Fsp3) is 0.571. The van der Waals surface area contributed by atoms with Crippen LogP contribution in [0.5, 0.6) is 5.75 Å². The van der Waals surface area contributed by atoms with E-state index in [2.05, 4.69) is 22.0 Å². The van der Waals surface area contributed by atoms with Crippen LogP contribution in [0.2, 0.25) is 0 Å². The maximum Gasteiger partial charge on any atom is 0.136 e. The molecule has 0 spiro atoms. The molecule has 2 nitrogen and oxygen atoms in total. The molecule has 1 aromatic carbocycles. The van der Waals surface area contributed by atoms with Crippen LogP contribution in [0.15, 0.2) is 10.5 Å². The van der Waals surface area contributed by atoms with Crippen molar-refractivity contribution in [3.63, 3.8) is 0 Å². The van der Waals surface area contributed by atoms with E-state index in [-0.39, 0.29) is 6.04 Å². The second-order valence-corrected chi connectivity index (χ2v) is 5.70. The van der Waals surface area contributed by atoms with Gasteiger partial charge in [0.2, 0.25) is 0 Å². The fourth-order valence-electron chi connectivity index (χ4n) is 2.61. The number of hydrogen-bond donors (Lipinski definition) is 1. The molecule has 0 bridgehead atoms. The summed E-state index contributed by atoms with van der Waals surface area (Å²) in [5.41, 5.74) is 10.0. The van der Waals surface area contributed by atoms with E-state index in [1.54, 1.807) is 7.11 Å². The lowest BCUT2D eigenvalue weighted by molar-refractivity contribution is 0.404. The summed E-state index contributed by atoms with van der Waals surface area (Å²) in [5, 5.41) is 0. The van der Waals surface area contributed by atoms with Gasteiger partial charge in [0.1, 0.15) is 5.75 Å². The lowest BCUT2D eigenvalue weighted by atomic mass is 9.89. The predicted molar refractivity (Wildman–Crippen MR) is 74.7 cm³/mol.